The van der Waals surface area contributed by atoms with Crippen molar-refractivity contribution >= 4 is 16.7 Å². The van der Waals surface area contributed by atoms with Gasteiger partial charge in [0, 0.05) is 23.6 Å². The maximum Gasteiger partial charge on any atom is 0.163 e. The third-order valence-corrected chi connectivity index (χ3v) is 3.54. The molecule has 1 aromatic carbocycles. The van der Waals surface area contributed by atoms with Crippen LogP contribution < -0.4 is 5.73 Å². The van der Waals surface area contributed by atoms with Gasteiger partial charge in [0.25, 0.3) is 0 Å². The van der Waals surface area contributed by atoms with E-state index in [9.17, 15) is 4.79 Å². The van der Waals surface area contributed by atoms with Crippen molar-refractivity contribution in [2.24, 2.45) is 17.6 Å². The van der Waals surface area contributed by atoms with Gasteiger partial charge in [-0.1, -0.05) is 32.0 Å². The third-order valence-electron chi connectivity index (χ3n) is 3.54. The molecule has 0 amide bonds. The summed E-state index contributed by atoms with van der Waals surface area (Å²) >= 11 is 0. The largest absolute Gasteiger partial charge is 0.330 e. The van der Waals surface area contributed by atoms with Crippen LogP contribution in [-0.2, 0) is 0 Å². The van der Waals surface area contributed by atoms with E-state index in [2.05, 4.69) is 18.8 Å². The molecule has 0 aliphatic carbocycles. The fraction of sp³-hybridized carbons (Fsp3) is 0.412. The normalized spacial score (nSPS) is 12.8. The molecule has 3 heteroatoms. The zero-order chi connectivity index (χ0) is 14.5. The van der Waals surface area contributed by atoms with Gasteiger partial charge in [-0.25, -0.2) is 0 Å². The van der Waals surface area contributed by atoms with E-state index >= 15 is 0 Å². The number of rotatable bonds is 6. The first-order valence-electron chi connectivity index (χ1n) is 7.18. The molecule has 1 unspecified atom stereocenters. The number of Topliss-reactive ketones (excluding diaryl/α,β-unsaturated/α-hetero) is 1. The van der Waals surface area contributed by atoms with Crippen molar-refractivity contribution in [1.29, 1.82) is 0 Å². The molecule has 20 heavy (non-hydrogen) atoms. The van der Waals surface area contributed by atoms with Crippen molar-refractivity contribution in [3.63, 3.8) is 0 Å². The van der Waals surface area contributed by atoms with E-state index in [0.717, 1.165) is 22.9 Å². The van der Waals surface area contributed by atoms with Crippen LogP contribution in [-0.4, -0.2) is 17.3 Å². The van der Waals surface area contributed by atoms with Crippen LogP contribution in [0.5, 0.6) is 0 Å². The molecule has 106 valence electrons. The molecule has 0 saturated heterocycles. The van der Waals surface area contributed by atoms with Gasteiger partial charge in [-0.05, 0) is 36.9 Å². The molecule has 0 spiro atoms. The Morgan fingerprint density at radius 3 is 2.80 bits per heavy atom. The van der Waals surface area contributed by atoms with E-state index in [4.69, 9.17) is 5.73 Å². The molecule has 0 radical (unpaired) electrons. The number of aromatic nitrogens is 1. The molecule has 3 nitrogen and oxygen atoms in total. The summed E-state index contributed by atoms with van der Waals surface area (Å²) in [6.45, 7) is 4.88. The van der Waals surface area contributed by atoms with Gasteiger partial charge in [-0.3, -0.25) is 9.78 Å². The van der Waals surface area contributed by atoms with Crippen LogP contribution in [0.2, 0.25) is 0 Å². The molecule has 1 heterocycles. The van der Waals surface area contributed by atoms with Gasteiger partial charge in [0.05, 0.1) is 5.52 Å². The summed E-state index contributed by atoms with van der Waals surface area (Å²) in [5.41, 5.74) is 7.38. The van der Waals surface area contributed by atoms with Crippen molar-refractivity contribution in [3.8, 4) is 0 Å². The Morgan fingerprint density at radius 1 is 1.30 bits per heavy atom. The molecule has 0 aliphatic rings. The number of benzene rings is 1. The van der Waals surface area contributed by atoms with Crippen LogP contribution in [0.25, 0.3) is 10.9 Å². The zero-order valence-electron chi connectivity index (χ0n) is 12.2. The Labute approximate surface area is 120 Å². The average molecular weight is 270 g/mol. The minimum Gasteiger partial charge on any atom is -0.330 e. The maximum absolute atomic E-state index is 12.4. The SMILES string of the molecule is CC(C)CC(CN)CC(=O)c1ccc2cccnc2c1. The second-order valence-electron chi connectivity index (χ2n) is 5.77. The molecule has 0 bridgehead atoms. The number of pyridine rings is 1. The molecule has 1 atom stereocenters. The zero-order valence-corrected chi connectivity index (χ0v) is 12.2. The molecule has 2 N–H and O–H groups in total. The van der Waals surface area contributed by atoms with Crippen molar-refractivity contribution in [2.45, 2.75) is 26.7 Å². The summed E-state index contributed by atoms with van der Waals surface area (Å²) in [4.78, 5) is 16.7. The first-order chi connectivity index (χ1) is 9.60. The van der Waals surface area contributed by atoms with Crippen molar-refractivity contribution in [2.75, 3.05) is 6.54 Å². The molecular formula is C17H22N2O. The highest BCUT2D eigenvalue weighted by atomic mass is 16.1. The van der Waals surface area contributed by atoms with Crippen LogP contribution in [0, 0.1) is 11.8 Å². The standard InChI is InChI=1S/C17H22N2O/c1-12(2)8-13(11-18)9-17(20)15-6-5-14-4-3-7-19-16(14)10-15/h3-7,10,12-13H,8-9,11,18H2,1-2H3. The Balaban J connectivity index is 2.14. The van der Waals surface area contributed by atoms with E-state index < -0.39 is 0 Å². The van der Waals surface area contributed by atoms with Gasteiger partial charge < -0.3 is 5.73 Å². The first-order valence-corrected chi connectivity index (χ1v) is 7.18. The number of nitrogens with zero attached hydrogens (tertiary/aromatic N) is 1. The lowest BCUT2D eigenvalue weighted by atomic mass is 9.90. The van der Waals surface area contributed by atoms with Crippen LogP contribution >= 0.6 is 0 Å². The monoisotopic (exact) mass is 270 g/mol. The Morgan fingerprint density at radius 2 is 2.10 bits per heavy atom. The fourth-order valence-electron chi connectivity index (χ4n) is 2.55. The predicted octanol–water partition coefficient (Wildman–Crippen LogP) is 3.43. The van der Waals surface area contributed by atoms with E-state index in [1.165, 1.54) is 0 Å². The van der Waals surface area contributed by atoms with Gasteiger partial charge in [0.2, 0.25) is 0 Å². The summed E-state index contributed by atoms with van der Waals surface area (Å²) in [6.07, 6.45) is 3.26. The van der Waals surface area contributed by atoms with Crippen molar-refractivity contribution in [3.05, 3.63) is 42.1 Å². The Bertz CT molecular complexity index is 592. The van der Waals surface area contributed by atoms with Crippen LogP contribution in [0.1, 0.15) is 37.0 Å². The highest BCUT2D eigenvalue weighted by molar-refractivity contribution is 5.99. The molecular weight excluding hydrogens is 248 g/mol. The maximum atomic E-state index is 12.4. The molecule has 1 aromatic heterocycles. The van der Waals surface area contributed by atoms with E-state index in [1.807, 2.05) is 30.3 Å². The number of fused-ring (bicyclic) bond motifs is 1. The summed E-state index contributed by atoms with van der Waals surface area (Å²) in [5.74, 6) is 0.991. The van der Waals surface area contributed by atoms with Crippen LogP contribution in [0.15, 0.2) is 36.5 Å². The molecule has 0 saturated carbocycles. The summed E-state index contributed by atoms with van der Waals surface area (Å²) in [6, 6.07) is 9.61. The Hall–Kier alpha value is -1.74. The summed E-state index contributed by atoms with van der Waals surface area (Å²) in [7, 11) is 0. The lowest BCUT2D eigenvalue weighted by Crippen LogP contribution is -2.20. The summed E-state index contributed by atoms with van der Waals surface area (Å²) in [5, 5.41) is 1.06. The van der Waals surface area contributed by atoms with Gasteiger partial charge in [-0.15, -0.1) is 0 Å². The quantitative estimate of drug-likeness (QED) is 0.818. The lowest BCUT2D eigenvalue weighted by Gasteiger charge is -2.16. The molecule has 2 aromatic rings. The van der Waals surface area contributed by atoms with Crippen molar-refractivity contribution < 1.29 is 4.79 Å². The minimum absolute atomic E-state index is 0.161. The fourth-order valence-corrected chi connectivity index (χ4v) is 2.55. The molecule has 0 aliphatic heterocycles. The minimum atomic E-state index is 0.161. The number of nitrogens with two attached hydrogens (primary N) is 1. The average Bonchev–Trinajstić information content (AvgIpc) is 2.45. The number of carbonyl (C=O) groups is 1. The predicted molar refractivity (Wildman–Crippen MR) is 82.7 cm³/mol. The van der Waals surface area contributed by atoms with Crippen LogP contribution in [0.4, 0.5) is 0 Å². The third kappa shape index (κ3) is 3.64. The van der Waals surface area contributed by atoms with Crippen LogP contribution in [0.3, 0.4) is 0 Å². The van der Waals surface area contributed by atoms with Gasteiger partial charge in [0.1, 0.15) is 0 Å². The number of ketones is 1. The highest BCUT2D eigenvalue weighted by Crippen LogP contribution is 2.19. The second-order valence-corrected chi connectivity index (χ2v) is 5.77. The summed E-state index contributed by atoms with van der Waals surface area (Å²) < 4.78 is 0. The molecule has 0 fully saturated rings. The van der Waals surface area contributed by atoms with Gasteiger partial charge in [-0.2, -0.15) is 0 Å². The number of carbonyl (C=O) groups excluding carboxylic acids is 1. The highest BCUT2D eigenvalue weighted by Gasteiger charge is 2.15. The smallest absolute Gasteiger partial charge is 0.163 e. The first kappa shape index (κ1) is 14.7. The molecule has 2 rings (SSSR count). The van der Waals surface area contributed by atoms with Crippen molar-refractivity contribution in [1.82, 2.24) is 4.98 Å². The van der Waals surface area contributed by atoms with Gasteiger partial charge >= 0.3 is 0 Å². The lowest BCUT2D eigenvalue weighted by molar-refractivity contribution is 0.0957. The van der Waals surface area contributed by atoms with E-state index in [0.29, 0.717) is 18.9 Å². The van der Waals surface area contributed by atoms with E-state index in [1.54, 1.807) is 6.20 Å². The van der Waals surface area contributed by atoms with Gasteiger partial charge in [0.15, 0.2) is 5.78 Å². The Kier molecular flexibility index (Phi) is 4.85. The number of hydrogen-bond donors (Lipinski definition) is 1. The number of hydrogen-bond acceptors (Lipinski definition) is 3. The van der Waals surface area contributed by atoms with E-state index in [-0.39, 0.29) is 11.7 Å². The second kappa shape index (κ2) is 6.62. The topological polar surface area (TPSA) is 56.0 Å².